The van der Waals surface area contributed by atoms with E-state index in [1.165, 1.54) is 0 Å². The molecule has 4 rings (SSSR count). The molecule has 3 heteroatoms. The van der Waals surface area contributed by atoms with E-state index >= 15 is 0 Å². The van der Waals surface area contributed by atoms with Crippen molar-refractivity contribution in [1.29, 1.82) is 0 Å². The maximum Gasteiger partial charge on any atom is 0.272 e. The van der Waals surface area contributed by atoms with E-state index in [4.69, 9.17) is 0 Å². The Bertz CT molecular complexity index is 997. The number of hydrogen-bond donors (Lipinski definition) is 2. The molecule has 0 saturated carbocycles. The van der Waals surface area contributed by atoms with Crippen LogP contribution in [-0.4, -0.2) is 10.9 Å². The van der Waals surface area contributed by atoms with Gasteiger partial charge in [0, 0.05) is 16.3 Å². The highest BCUT2D eigenvalue weighted by Gasteiger charge is 2.12. The van der Waals surface area contributed by atoms with E-state index in [0.717, 1.165) is 32.9 Å². The zero-order valence-electron chi connectivity index (χ0n) is 12.8. The number of para-hydroxylation sites is 1. The molecule has 1 heterocycles. The highest BCUT2D eigenvalue weighted by molar-refractivity contribution is 6.10. The van der Waals surface area contributed by atoms with Gasteiger partial charge in [-0.25, -0.2) is 0 Å². The number of aromatic amines is 1. The Morgan fingerprint density at radius 1 is 0.913 bits per heavy atom. The summed E-state index contributed by atoms with van der Waals surface area (Å²) in [5.41, 5.74) is 3.45. The summed E-state index contributed by atoms with van der Waals surface area (Å²) < 4.78 is 0. The van der Waals surface area contributed by atoms with Gasteiger partial charge in [0.2, 0.25) is 0 Å². The molecule has 0 radical (unpaired) electrons. The van der Waals surface area contributed by atoms with Crippen molar-refractivity contribution in [3.8, 4) is 0 Å². The molecule has 0 bridgehead atoms. The maximum atomic E-state index is 12.6. The molecule has 0 saturated heterocycles. The van der Waals surface area contributed by atoms with Gasteiger partial charge in [-0.1, -0.05) is 54.6 Å². The average Bonchev–Trinajstić information content (AvgIpc) is 3.01. The van der Waals surface area contributed by atoms with Gasteiger partial charge in [-0.2, -0.15) is 0 Å². The number of amides is 1. The van der Waals surface area contributed by atoms with Crippen molar-refractivity contribution in [3.05, 3.63) is 78.0 Å². The predicted octanol–water partition coefficient (Wildman–Crippen LogP) is 4.88. The van der Waals surface area contributed by atoms with Crippen molar-refractivity contribution in [2.75, 3.05) is 5.32 Å². The van der Waals surface area contributed by atoms with Crippen molar-refractivity contribution >= 4 is 33.3 Å². The lowest BCUT2D eigenvalue weighted by Gasteiger charge is -2.11. The lowest BCUT2D eigenvalue weighted by atomic mass is 10.0. The number of nitrogens with one attached hydrogen (secondary N) is 2. The molecular weight excluding hydrogens is 284 g/mol. The summed E-state index contributed by atoms with van der Waals surface area (Å²) >= 11 is 0. The highest BCUT2D eigenvalue weighted by Crippen LogP contribution is 2.27. The van der Waals surface area contributed by atoms with Crippen LogP contribution in [0.15, 0.2) is 66.7 Å². The fourth-order valence-electron chi connectivity index (χ4n) is 2.92. The van der Waals surface area contributed by atoms with Crippen LogP contribution in [0.2, 0.25) is 0 Å². The Labute approximate surface area is 134 Å². The fraction of sp³-hybridized carbons (Fsp3) is 0.0500. The topological polar surface area (TPSA) is 44.9 Å². The molecule has 112 valence electrons. The molecule has 3 aromatic carbocycles. The maximum absolute atomic E-state index is 12.6. The number of carbonyl (C=O) groups is 1. The van der Waals surface area contributed by atoms with E-state index in [0.29, 0.717) is 5.69 Å². The van der Waals surface area contributed by atoms with Crippen LogP contribution >= 0.6 is 0 Å². The van der Waals surface area contributed by atoms with E-state index in [-0.39, 0.29) is 5.91 Å². The Hall–Kier alpha value is -3.07. The average molecular weight is 300 g/mol. The third kappa shape index (κ3) is 2.36. The van der Waals surface area contributed by atoms with Crippen LogP contribution in [0.5, 0.6) is 0 Å². The van der Waals surface area contributed by atoms with Crippen LogP contribution in [0.4, 0.5) is 5.69 Å². The monoisotopic (exact) mass is 300 g/mol. The van der Waals surface area contributed by atoms with Crippen LogP contribution in [0.1, 0.15) is 16.1 Å². The van der Waals surface area contributed by atoms with Crippen LogP contribution < -0.4 is 5.32 Å². The first-order chi connectivity index (χ1) is 11.2. The molecule has 0 atom stereocenters. The minimum atomic E-state index is -0.124. The molecule has 0 spiro atoms. The summed E-state index contributed by atoms with van der Waals surface area (Å²) in [5.74, 6) is -0.124. The number of fused-ring (bicyclic) bond motifs is 2. The molecule has 1 aromatic heterocycles. The largest absolute Gasteiger partial charge is 0.351 e. The second-order valence-corrected chi connectivity index (χ2v) is 5.70. The van der Waals surface area contributed by atoms with Gasteiger partial charge >= 0.3 is 0 Å². The van der Waals surface area contributed by atoms with Gasteiger partial charge in [0.25, 0.3) is 5.91 Å². The Balaban J connectivity index is 1.75. The number of hydrogen-bond acceptors (Lipinski definition) is 1. The number of benzene rings is 3. The smallest absolute Gasteiger partial charge is 0.272 e. The molecule has 23 heavy (non-hydrogen) atoms. The highest BCUT2D eigenvalue weighted by atomic mass is 16.1. The molecule has 4 aromatic rings. The Morgan fingerprint density at radius 2 is 1.65 bits per heavy atom. The van der Waals surface area contributed by atoms with E-state index in [1.54, 1.807) is 0 Å². The van der Waals surface area contributed by atoms with E-state index < -0.39 is 0 Å². The molecule has 0 aliphatic heterocycles. The van der Waals surface area contributed by atoms with Gasteiger partial charge in [0.05, 0.1) is 5.69 Å². The van der Waals surface area contributed by atoms with Gasteiger partial charge in [-0.05, 0) is 30.0 Å². The minimum Gasteiger partial charge on any atom is -0.351 e. The van der Waals surface area contributed by atoms with Crippen molar-refractivity contribution in [2.45, 2.75) is 6.92 Å². The van der Waals surface area contributed by atoms with Crippen LogP contribution in [0.25, 0.3) is 21.7 Å². The lowest BCUT2D eigenvalue weighted by Crippen LogP contribution is -2.13. The molecule has 0 unspecified atom stereocenters. The van der Waals surface area contributed by atoms with Gasteiger partial charge in [0.1, 0.15) is 5.69 Å². The van der Waals surface area contributed by atoms with Crippen molar-refractivity contribution in [3.63, 3.8) is 0 Å². The van der Waals surface area contributed by atoms with Gasteiger partial charge < -0.3 is 10.3 Å². The number of aromatic nitrogens is 1. The van der Waals surface area contributed by atoms with Crippen LogP contribution in [0, 0.1) is 6.92 Å². The zero-order chi connectivity index (χ0) is 15.8. The molecule has 3 nitrogen and oxygen atoms in total. The van der Waals surface area contributed by atoms with Crippen molar-refractivity contribution in [1.82, 2.24) is 4.98 Å². The van der Waals surface area contributed by atoms with Crippen LogP contribution in [0.3, 0.4) is 0 Å². The minimum absolute atomic E-state index is 0.124. The van der Waals surface area contributed by atoms with Gasteiger partial charge in [0.15, 0.2) is 0 Å². The lowest BCUT2D eigenvalue weighted by molar-refractivity contribution is 0.102. The number of aryl methyl sites for hydroxylation is 1. The first-order valence-electron chi connectivity index (χ1n) is 7.60. The standard InChI is InChI=1S/C20H16N2O/c1-13-10-11-14-6-2-4-8-16(14)19(13)22-20(23)18-12-15-7-3-5-9-17(15)21-18/h2-12,21H,1H3,(H,22,23). The predicted molar refractivity (Wildman–Crippen MR) is 94.9 cm³/mol. The molecule has 2 N–H and O–H groups in total. The van der Waals surface area contributed by atoms with E-state index in [9.17, 15) is 4.79 Å². The second-order valence-electron chi connectivity index (χ2n) is 5.70. The number of carbonyl (C=O) groups excluding carboxylic acids is 1. The van der Waals surface area contributed by atoms with Crippen molar-refractivity contribution < 1.29 is 4.79 Å². The van der Waals surface area contributed by atoms with Gasteiger partial charge in [-0.3, -0.25) is 4.79 Å². The summed E-state index contributed by atoms with van der Waals surface area (Å²) in [6.45, 7) is 2.01. The first kappa shape index (κ1) is 13.6. The Morgan fingerprint density at radius 3 is 2.48 bits per heavy atom. The quantitative estimate of drug-likeness (QED) is 0.544. The Kier molecular flexibility index (Phi) is 3.12. The molecule has 0 fully saturated rings. The zero-order valence-corrected chi connectivity index (χ0v) is 12.8. The molecule has 0 aliphatic carbocycles. The molecule has 1 amide bonds. The molecule has 0 aliphatic rings. The number of H-pyrrole nitrogens is 1. The summed E-state index contributed by atoms with van der Waals surface area (Å²) in [6.07, 6.45) is 0. The number of anilines is 1. The second kappa shape index (κ2) is 5.29. The molecular formula is C20H16N2O. The summed E-state index contributed by atoms with van der Waals surface area (Å²) in [4.78, 5) is 15.8. The van der Waals surface area contributed by atoms with E-state index in [2.05, 4.69) is 16.4 Å². The first-order valence-corrected chi connectivity index (χ1v) is 7.60. The summed E-state index contributed by atoms with van der Waals surface area (Å²) in [5, 5.41) is 6.26. The third-order valence-corrected chi connectivity index (χ3v) is 4.15. The van der Waals surface area contributed by atoms with Gasteiger partial charge in [-0.15, -0.1) is 0 Å². The summed E-state index contributed by atoms with van der Waals surface area (Å²) in [6, 6.07) is 21.9. The normalized spacial score (nSPS) is 11.0. The number of rotatable bonds is 2. The summed E-state index contributed by atoms with van der Waals surface area (Å²) in [7, 11) is 0. The SMILES string of the molecule is Cc1ccc2ccccc2c1NC(=O)c1cc2ccccc2[nH]1. The fourth-order valence-corrected chi connectivity index (χ4v) is 2.92. The van der Waals surface area contributed by atoms with E-state index in [1.807, 2.05) is 67.6 Å². The van der Waals surface area contributed by atoms with Crippen LogP contribution in [-0.2, 0) is 0 Å². The third-order valence-electron chi connectivity index (χ3n) is 4.15. The van der Waals surface area contributed by atoms with Crippen molar-refractivity contribution in [2.24, 2.45) is 0 Å².